The fraction of sp³-hybridized carbons (Fsp3) is 0.448. The lowest BCUT2D eigenvalue weighted by atomic mass is 9.87. The summed E-state index contributed by atoms with van der Waals surface area (Å²) in [4.78, 5) is 47.4. The molecule has 2 aromatic rings. The lowest BCUT2D eigenvalue weighted by molar-refractivity contribution is -0.136. The number of rotatable bonds is 5. The summed E-state index contributed by atoms with van der Waals surface area (Å²) >= 11 is 0. The number of pyridine rings is 1. The Morgan fingerprint density at radius 2 is 1.78 bits per heavy atom. The van der Waals surface area contributed by atoms with Crippen molar-refractivity contribution >= 4 is 28.8 Å². The van der Waals surface area contributed by atoms with Gasteiger partial charge in [0.05, 0.1) is 12.1 Å². The molecule has 4 heterocycles. The van der Waals surface area contributed by atoms with Gasteiger partial charge in [-0.2, -0.15) is 0 Å². The third kappa shape index (κ3) is 4.26. The van der Waals surface area contributed by atoms with Crippen molar-refractivity contribution in [3.05, 3.63) is 65.0 Å². The highest BCUT2D eigenvalue weighted by Crippen LogP contribution is 2.41. The van der Waals surface area contributed by atoms with E-state index in [2.05, 4.69) is 9.88 Å². The number of ether oxygens (including phenoxy) is 1. The van der Waals surface area contributed by atoms with Crippen molar-refractivity contribution in [3.63, 3.8) is 0 Å². The van der Waals surface area contributed by atoms with Gasteiger partial charge in [-0.3, -0.25) is 24.3 Å². The maximum Gasteiger partial charge on any atom is 0.236 e. The zero-order valence-corrected chi connectivity index (χ0v) is 20.4. The first-order valence-electron chi connectivity index (χ1n) is 13.1. The minimum absolute atomic E-state index is 0.0371. The Hall–Kier alpha value is -3.32. The largest absolute Gasteiger partial charge is 0.480 e. The molecule has 186 valence electrons. The highest BCUT2D eigenvalue weighted by atomic mass is 16.5. The van der Waals surface area contributed by atoms with Crippen molar-refractivity contribution in [3.8, 4) is 0 Å². The summed E-state index contributed by atoms with van der Waals surface area (Å²) in [5.41, 5.74) is 3.92. The molecule has 1 aromatic heterocycles. The van der Waals surface area contributed by atoms with E-state index in [1.54, 1.807) is 12.4 Å². The smallest absolute Gasteiger partial charge is 0.236 e. The number of amides is 1. The Morgan fingerprint density at radius 1 is 0.972 bits per heavy atom. The van der Waals surface area contributed by atoms with E-state index >= 15 is 0 Å². The van der Waals surface area contributed by atoms with Gasteiger partial charge in [0.15, 0.2) is 11.9 Å². The fourth-order valence-corrected chi connectivity index (χ4v) is 6.12. The van der Waals surface area contributed by atoms with E-state index in [9.17, 15) is 14.4 Å². The summed E-state index contributed by atoms with van der Waals surface area (Å²) in [6.07, 6.45) is 8.02. The van der Waals surface area contributed by atoms with Gasteiger partial charge in [0.1, 0.15) is 5.76 Å². The molecule has 0 N–H and O–H groups in total. The van der Waals surface area contributed by atoms with Crippen molar-refractivity contribution in [2.24, 2.45) is 5.92 Å². The molecule has 2 unspecified atom stereocenters. The van der Waals surface area contributed by atoms with Crippen LogP contribution in [0.5, 0.6) is 0 Å². The normalized spacial score (nSPS) is 24.4. The van der Waals surface area contributed by atoms with Crippen LogP contribution in [0.15, 0.2) is 42.7 Å². The number of nitrogens with zero attached hydrogens (tertiary/aromatic N) is 3. The molecule has 0 radical (unpaired) electrons. The molecular weight excluding hydrogens is 454 g/mol. The van der Waals surface area contributed by atoms with E-state index in [4.69, 9.17) is 4.74 Å². The molecule has 0 bridgehead atoms. The average molecular weight is 486 g/mol. The molecule has 1 aliphatic carbocycles. The first kappa shape index (κ1) is 23.1. The van der Waals surface area contributed by atoms with E-state index in [0.717, 1.165) is 67.6 Å². The number of likely N-dealkylation sites (tertiary alicyclic amines) is 2. The minimum atomic E-state index is -0.625. The van der Waals surface area contributed by atoms with Crippen LogP contribution in [0.1, 0.15) is 59.2 Å². The molecule has 2 atom stereocenters. The molecule has 1 amide bonds. The third-order valence-corrected chi connectivity index (χ3v) is 8.03. The summed E-state index contributed by atoms with van der Waals surface area (Å²) in [7, 11) is 0. The molecule has 0 spiro atoms. The van der Waals surface area contributed by atoms with Gasteiger partial charge in [0.25, 0.3) is 0 Å². The molecule has 4 aliphatic rings. The summed E-state index contributed by atoms with van der Waals surface area (Å²) in [5.74, 6) is 0.784. The monoisotopic (exact) mass is 485 g/mol. The highest BCUT2D eigenvalue weighted by Gasteiger charge is 2.43. The van der Waals surface area contributed by atoms with E-state index in [-0.39, 0.29) is 23.4 Å². The van der Waals surface area contributed by atoms with Gasteiger partial charge >= 0.3 is 0 Å². The second-order valence-corrected chi connectivity index (χ2v) is 10.4. The number of aromatic nitrogens is 1. The van der Waals surface area contributed by atoms with Crippen LogP contribution in [-0.2, 0) is 20.7 Å². The van der Waals surface area contributed by atoms with Crippen molar-refractivity contribution < 1.29 is 19.1 Å². The van der Waals surface area contributed by atoms with Crippen LogP contribution in [0.25, 0.3) is 11.3 Å². The van der Waals surface area contributed by atoms with E-state index < -0.39 is 6.10 Å². The SMILES string of the molecule is O=C1CCc2cc(C3=C(c4ccncc4)OC(C4CCCN(C(=O)CN5CCCC5)C4)C3=O)ccc21. The van der Waals surface area contributed by atoms with E-state index in [0.29, 0.717) is 37.3 Å². The molecule has 36 heavy (non-hydrogen) atoms. The average Bonchev–Trinajstić information content (AvgIpc) is 3.64. The summed E-state index contributed by atoms with van der Waals surface area (Å²) < 4.78 is 6.46. The number of fused-ring (bicyclic) bond motifs is 1. The number of ketones is 2. The van der Waals surface area contributed by atoms with Crippen LogP contribution in [0.2, 0.25) is 0 Å². The lowest BCUT2D eigenvalue weighted by Gasteiger charge is -2.35. The predicted molar refractivity (Wildman–Crippen MR) is 135 cm³/mol. The zero-order valence-electron chi connectivity index (χ0n) is 20.4. The van der Waals surface area contributed by atoms with Gasteiger partial charge in [-0.25, -0.2) is 0 Å². The second kappa shape index (κ2) is 9.62. The molecule has 2 saturated heterocycles. The summed E-state index contributed by atoms with van der Waals surface area (Å²) in [5, 5.41) is 0. The van der Waals surface area contributed by atoms with Crippen molar-refractivity contribution in [2.75, 3.05) is 32.7 Å². The number of Topliss-reactive ketones (excluding diaryl/α,β-unsaturated/α-hetero) is 2. The Bertz CT molecular complexity index is 1230. The Morgan fingerprint density at radius 3 is 2.58 bits per heavy atom. The van der Waals surface area contributed by atoms with Gasteiger partial charge in [0, 0.05) is 48.9 Å². The van der Waals surface area contributed by atoms with Crippen LogP contribution in [-0.4, -0.2) is 71.1 Å². The molecule has 1 aromatic carbocycles. The van der Waals surface area contributed by atoms with Crippen LogP contribution >= 0.6 is 0 Å². The van der Waals surface area contributed by atoms with E-state index in [1.165, 1.54) is 0 Å². The predicted octanol–water partition coefficient (Wildman–Crippen LogP) is 3.38. The van der Waals surface area contributed by atoms with E-state index in [1.807, 2.05) is 35.2 Å². The van der Waals surface area contributed by atoms with Crippen LogP contribution < -0.4 is 0 Å². The molecule has 2 fully saturated rings. The van der Waals surface area contributed by atoms with Crippen LogP contribution in [0.4, 0.5) is 0 Å². The van der Waals surface area contributed by atoms with Crippen LogP contribution in [0, 0.1) is 5.92 Å². The number of benzene rings is 1. The number of piperidine rings is 1. The van der Waals surface area contributed by atoms with Crippen molar-refractivity contribution in [1.82, 2.24) is 14.8 Å². The van der Waals surface area contributed by atoms with Gasteiger partial charge in [-0.1, -0.05) is 18.2 Å². The summed E-state index contributed by atoms with van der Waals surface area (Å²) in [6, 6.07) is 9.41. The molecule has 7 heteroatoms. The maximum absolute atomic E-state index is 13.9. The number of carbonyl (C=O) groups is 3. The third-order valence-electron chi connectivity index (χ3n) is 8.03. The zero-order chi connectivity index (χ0) is 24.6. The molecule has 0 saturated carbocycles. The first-order chi connectivity index (χ1) is 17.6. The second-order valence-electron chi connectivity index (χ2n) is 10.4. The first-order valence-corrected chi connectivity index (χ1v) is 13.1. The standard InChI is InChI=1S/C29H31N3O4/c33-24-8-6-20-16-21(5-7-23(20)24)26-27(35)29(36-28(26)19-9-11-30-12-10-19)22-4-3-15-32(17-22)25(34)18-31-13-1-2-14-31/h5,7,9-12,16,22,29H,1-4,6,8,13-15,17-18H2. The summed E-state index contributed by atoms with van der Waals surface area (Å²) in [6.45, 7) is 3.72. The lowest BCUT2D eigenvalue weighted by Crippen LogP contribution is -2.48. The van der Waals surface area contributed by atoms with Crippen LogP contribution in [0.3, 0.4) is 0 Å². The minimum Gasteiger partial charge on any atom is -0.480 e. The quantitative estimate of drug-likeness (QED) is 0.646. The van der Waals surface area contributed by atoms with Gasteiger partial charge < -0.3 is 9.64 Å². The Labute approximate surface area is 211 Å². The number of carbonyl (C=O) groups excluding carboxylic acids is 3. The maximum atomic E-state index is 13.9. The van der Waals surface area contributed by atoms with Crippen molar-refractivity contribution in [1.29, 1.82) is 0 Å². The molecule has 3 aliphatic heterocycles. The molecule has 7 nitrogen and oxygen atoms in total. The van der Waals surface area contributed by atoms with Gasteiger partial charge in [0.2, 0.25) is 11.7 Å². The van der Waals surface area contributed by atoms with Crippen molar-refractivity contribution in [2.45, 2.75) is 44.6 Å². The number of hydrogen-bond acceptors (Lipinski definition) is 6. The number of hydrogen-bond donors (Lipinski definition) is 0. The Balaban J connectivity index is 1.27. The fourth-order valence-electron chi connectivity index (χ4n) is 6.12. The molecule has 6 rings (SSSR count). The van der Waals surface area contributed by atoms with Gasteiger partial charge in [-0.05, 0) is 68.5 Å². The topological polar surface area (TPSA) is 79.8 Å². The van der Waals surface area contributed by atoms with Gasteiger partial charge in [-0.15, -0.1) is 0 Å². The molecular formula is C29H31N3O4. The number of aryl methyl sites for hydroxylation is 1. The highest BCUT2D eigenvalue weighted by molar-refractivity contribution is 6.31. The Kier molecular flexibility index (Phi) is 6.17.